The summed E-state index contributed by atoms with van der Waals surface area (Å²) < 4.78 is 6.23. The van der Waals surface area contributed by atoms with E-state index in [9.17, 15) is 10.2 Å². The van der Waals surface area contributed by atoms with Gasteiger partial charge in [0, 0.05) is 34.6 Å². The van der Waals surface area contributed by atoms with Gasteiger partial charge in [0.15, 0.2) is 0 Å². The van der Waals surface area contributed by atoms with Crippen molar-refractivity contribution >= 4 is 11.0 Å². The molecule has 0 radical (unpaired) electrons. The molecule has 31 heavy (non-hydrogen) atoms. The minimum atomic E-state index is -0.828. The van der Waals surface area contributed by atoms with Gasteiger partial charge in [-0.05, 0) is 17.2 Å². The Bertz CT molecular complexity index is 1310. The van der Waals surface area contributed by atoms with E-state index >= 15 is 0 Å². The van der Waals surface area contributed by atoms with Gasteiger partial charge in [-0.3, -0.25) is 0 Å². The summed E-state index contributed by atoms with van der Waals surface area (Å²) in [7, 11) is 0. The fourth-order valence-corrected chi connectivity index (χ4v) is 4.05. The molecule has 0 saturated carbocycles. The van der Waals surface area contributed by atoms with Crippen LogP contribution in [0, 0.1) is 0 Å². The summed E-state index contributed by atoms with van der Waals surface area (Å²) in [6.45, 7) is 0. The van der Waals surface area contributed by atoms with Gasteiger partial charge < -0.3 is 14.6 Å². The fourth-order valence-electron chi connectivity index (χ4n) is 4.05. The maximum atomic E-state index is 10.9. The predicted octanol–water partition coefficient (Wildman–Crippen LogP) is 6.75. The van der Waals surface area contributed by atoms with E-state index in [1.54, 1.807) is 6.07 Å². The summed E-state index contributed by atoms with van der Waals surface area (Å²) in [5.74, 6) is 0.778. The quantitative estimate of drug-likeness (QED) is 0.339. The van der Waals surface area contributed by atoms with Gasteiger partial charge in [-0.15, -0.1) is 0 Å². The van der Waals surface area contributed by atoms with E-state index in [2.05, 4.69) is 0 Å². The molecule has 152 valence electrons. The van der Waals surface area contributed by atoms with E-state index in [0.717, 1.165) is 33.4 Å². The fraction of sp³-hybridized carbons (Fsp3) is 0.0714. The summed E-state index contributed by atoms with van der Waals surface area (Å²) in [5, 5.41) is 22.5. The first kappa shape index (κ1) is 19.2. The zero-order valence-electron chi connectivity index (χ0n) is 16.9. The van der Waals surface area contributed by atoms with Crippen molar-refractivity contribution in [2.75, 3.05) is 0 Å². The smallest absolute Gasteiger partial charge is 0.143 e. The highest BCUT2D eigenvalue weighted by atomic mass is 16.3. The van der Waals surface area contributed by atoms with Crippen LogP contribution in [0.3, 0.4) is 0 Å². The first-order chi connectivity index (χ1) is 15.2. The number of phenolic OH excluding ortho intramolecular Hbond substituents is 1. The second-order valence-electron chi connectivity index (χ2n) is 7.65. The molecular formula is C28H22O3. The molecular weight excluding hydrogens is 384 g/mol. The number of aliphatic hydroxyl groups is 1. The van der Waals surface area contributed by atoms with Crippen LogP contribution in [0.15, 0.2) is 108 Å². The highest BCUT2D eigenvalue weighted by Crippen LogP contribution is 2.43. The molecule has 0 amide bonds. The molecule has 3 heteroatoms. The monoisotopic (exact) mass is 406 g/mol. The lowest BCUT2D eigenvalue weighted by molar-refractivity contribution is 0.174. The molecule has 5 rings (SSSR count). The van der Waals surface area contributed by atoms with Crippen LogP contribution in [0.4, 0.5) is 0 Å². The number of benzene rings is 4. The van der Waals surface area contributed by atoms with Gasteiger partial charge in [-0.2, -0.15) is 0 Å². The number of hydrogen-bond donors (Lipinski definition) is 2. The molecule has 4 aromatic carbocycles. The van der Waals surface area contributed by atoms with Gasteiger partial charge in [0.25, 0.3) is 0 Å². The molecule has 1 aromatic heterocycles. The summed E-state index contributed by atoms with van der Waals surface area (Å²) in [5.41, 5.74) is 5.03. The Morgan fingerprint density at radius 2 is 1.29 bits per heavy atom. The number of rotatable bonds is 5. The lowest BCUT2D eigenvalue weighted by atomic mass is 9.95. The molecule has 5 aromatic rings. The number of hydrogen-bond acceptors (Lipinski definition) is 3. The molecule has 0 bridgehead atoms. The topological polar surface area (TPSA) is 53.6 Å². The van der Waals surface area contributed by atoms with Crippen molar-refractivity contribution in [1.82, 2.24) is 0 Å². The van der Waals surface area contributed by atoms with Crippen molar-refractivity contribution in [2.24, 2.45) is 0 Å². The number of aromatic hydroxyl groups is 1. The van der Waals surface area contributed by atoms with Crippen LogP contribution in [0.5, 0.6) is 5.75 Å². The molecule has 0 aliphatic rings. The number of aliphatic hydroxyl groups excluding tert-OH is 1. The van der Waals surface area contributed by atoms with Crippen molar-refractivity contribution in [1.29, 1.82) is 0 Å². The maximum Gasteiger partial charge on any atom is 0.143 e. The van der Waals surface area contributed by atoms with Crippen molar-refractivity contribution in [3.05, 3.63) is 114 Å². The third-order valence-electron chi connectivity index (χ3n) is 5.57. The molecule has 0 spiro atoms. The Morgan fingerprint density at radius 3 is 1.94 bits per heavy atom. The minimum absolute atomic E-state index is 0.0314. The Labute approximate surface area is 180 Å². The van der Waals surface area contributed by atoms with E-state index in [4.69, 9.17) is 4.42 Å². The second-order valence-corrected chi connectivity index (χ2v) is 7.65. The largest absolute Gasteiger partial charge is 0.507 e. The van der Waals surface area contributed by atoms with Crippen LogP contribution < -0.4 is 0 Å². The average Bonchev–Trinajstić information content (AvgIpc) is 3.18. The van der Waals surface area contributed by atoms with Crippen molar-refractivity contribution in [2.45, 2.75) is 12.5 Å². The summed E-state index contributed by atoms with van der Waals surface area (Å²) in [4.78, 5) is 0. The van der Waals surface area contributed by atoms with E-state index < -0.39 is 6.10 Å². The zero-order valence-corrected chi connectivity index (χ0v) is 16.9. The van der Waals surface area contributed by atoms with Gasteiger partial charge in [-0.25, -0.2) is 0 Å². The maximum absolute atomic E-state index is 10.9. The van der Waals surface area contributed by atoms with Crippen LogP contribution in [0.2, 0.25) is 0 Å². The number of furan rings is 1. The molecule has 1 heterocycles. The molecule has 1 unspecified atom stereocenters. The third kappa shape index (κ3) is 3.72. The minimum Gasteiger partial charge on any atom is -0.507 e. The first-order valence-electron chi connectivity index (χ1n) is 10.3. The SMILES string of the molecule is Oc1cc2oc(-c3ccccc3)c(-c3ccccc3)c2cc1C(O)Cc1ccccc1. The Balaban J connectivity index is 1.68. The highest BCUT2D eigenvalue weighted by molar-refractivity contribution is 6.02. The second kappa shape index (κ2) is 8.13. The average molecular weight is 406 g/mol. The Hall–Kier alpha value is -3.82. The lowest BCUT2D eigenvalue weighted by Crippen LogP contribution is -2.02. The van der Waals surface area contributed by atoms with Crippen LogP contribution in [0.1, 0.15) is 17.2 Å². The van der Waals surface area contributed by atoms with Gasteiger partial charge in [-0.1, -0.05) is 91.0 Å². The van der Waals surface area contributed by atoms with Gasteiger partial charge in [0.1, 0.15) is 17.1 Å². The van der Waals surface area contributed by atoms with Crippen LogP contribution in [0.25, 0.3) is 33.4 Å². The van der Waals surface area contributed by atoms with E-state index in [-0.39, 0.29) is 5.75 Å². The van der Waals surface area contributed by atoms with E-state index in [1.807, 2.05) is 97.1 Å². The van der Waals surface area contributed by atoms with Gasteiger partial charge in [0.05, 0.1) is 6.10 Å². The lowest BCUT2D eigenvalue weighted by Gasteiger charge is -2.13. The summed E-state index contributed by atoms with van der Waals surface area (Å²) in [6.07, 6.45) is -0.408. The molecule has 2 N–H and O–H groups in total. The molecule has 0 fully saturated rings. The standard InChI is InChI=1S/C28H22O3/c29-24(16-19-10-4-1-5-11-19)22-17-23-26(18-25(22)30)31-28(21-14-8-3-9-15-21)27(23)20-12-6-2-7-13-20/h1-15,17-18,24,29-30H,16H2. The van der Waals surface area contributed by atoms with Crippen LogP contribution >= 0.6 is 0 Å². The first-order valence-corrected chi connectivity index (χ1v) is 10.3. The molecule has 3 nitrogen and oxygen atoms in total. The summed E-state index contributed by atoms with van der Waals surface area (Å²) in [6, 6.07) is 33.2. The molecule has 0 aliphatic carbocycles. The Kier molecular flexibility index (Phi) is 5.03. The Morgan fingerprint density at radius 1 is 0.710 bits per heavy atom. The predicted molar refractivity (Wildman–Crippen MR) is 124 cm³/mol. The van der Waals surface area contributed by atoms with E-state index in [0.29, 0.717) is 17.6 Å². The molecule has 0 saturated heterocycles. The van der Waals surface area contributed by atoms with Crippen molar-refractivity contribution < 1.29 is 14.6 Å². The molecule has 1 atom stereocenters. The zero-order chi connectivity index (χ0) is 21.2. The van der Waals surface area contributed by atoms with Crippen LogP contribution in [-0.2, 0) is 6.42 Å². The highest BCUT2D eigenvalue weighted by Gasteiger charge is 2.22. The normalized spacial score (nSPS) is 12.2. The number of fused-ring (bicyclic) bond motifs is 1. The molecule has 0 aliphatic heterocycles. The van der Waals surface area contributed by atoms with E-state index in [1.165, 1.54) is 0 Å². The number of phenols is 1. The third-order valence-corrected chi connectivity index (χ3v) is 5.57. The van der Waals surface area contributed by atoms with Crippen molar-refractivity contribution in [3.63, 3.8) is 0 Å². The van der Waals surface area contributed by atoms with Crippen molar-refractivity contribution in [3.8, 4) is 28.2 Å². The van der Waals surface area contributed by atoms with Crippen LogP contribution in [-0.4, -0.2) is 10.2 Å². The van der Waals surface area contributed by atoms with Gasteiger partial charge >= 0.3 is 0 Å². The summed E-state index contributed by atoms with van der Waals surface area (Å²) >= 11 is 0. The van der Waals surface area contributed by atoms with Gasteiger partial charge in [0.2, 0.25) is 0 Å².